The summed E-state index contributed by atoms with van der Waals surface area (Å²) in [4.78, 5) is 35.9. The number of carbonyl (C=O) groups is 3. The van der Waals surface area contributed by atoms with E-state index in [-0.39, 0.29) is 25.3 Å². The lowest BCUT2D eigenvalue weighted by atomic mass is 9.80. The second kappa shape index (κ2) is 4.59. The number of hydrogen-bond donors (Lipinski definition) is 1. The minimum Gasteiger partial charge on any atom is -0.465 e. The molecular weight excluding hydrogens is 238 g/mol. The molecular formula is C12H19NO5. The van der Waals surface area contributed by atoms with Crippen LogP contribution in [0.15, 0.2) is 0 Å². The van der Waals surface area contributed by atoms with E-state index < -0.39 is 23.1 Å². The quantitative estimate of drug-likeness (QED) is 0.565. The van der Waals surface area contributed by atoms with E-state index in [9.17, 15) is 14.4 Å². The van der Waals surface area contributed by atoms with Gasteiger partial charge in [0.2, 0.25) is 0 Å². The van der Waals surface area contributed by atoms with E-state index in [2.05, 4.69) is 0 Å². The van der Waals surface area contributed by atoms with Gasteiger partial charge in [0.15, 0.2) is 5.78 Å². The standard InChI is InChI=1S/C12H19NO5/c1-11(2,3)18-9(15)12(4)7-13(10(16)17)6-5-8(12)14/h5-7H2,1-4H3,(H,16,17). The molecule has 0 saturated carbocycles. The molecule has 1 rings (SSSR count). The van der Waals surface area contributed by atoms with Gasteiger partial charge in [0.25, 0.3) is 0 Å². The third kappa shape index (κ3) is 3.00. The number of hydrogen-bond acceptors (Lipinski definition) is 4. The van der Waals surface area contributed by atoms with Gasteiger partial charge < -0.3 is 14.7 Å². The highest BCUT2D eigenvalue weighted by Crippen LogP contribution is 2.29. The monoisotopic (exact) mass is 257 g/mol. The van der Waals surface area contributed by atoms with Crippen LogP contribution in [0.5, 0.6) is 0 Å². The summed E-state index contributed by atoms with van der Waals surface area (Å²) in [5.74, 6) is -0.930. The number of ketones is 1. The molecule has 18 heavy (non-hydrogen) atoms. The van der Waals surface area contributed by atoms with E-state index in [1.807, 2.05) is 0 Å². The molecule has 0 spiro atoms. The smallest absolute Gasteiger partial charge is 0.407 e. The molecule has 0 aromatic heterocycles. The zero-order valence-corrected chi connectivity index (χ0v) is 11.1. The lowest BCUT2D eigenvalue weighted by Gasteiger charge is -2.37. The molecule has 1 heterocycles. The van der Waals surface area contributed by atoms with Crippen molar-refractivity contribution in [2.24, 2.45) is 5.41 Å². The average Bonchev–Trinajstić information content (AvgIpc) is 2.19. The molecule has 1 unspecified atom stereocenters. The predicted molar refractivity (Wildman–Crippen MR) is 63.2 cm³/mol. The highest BCUT2D eigenvalue weighted by molar-refractivity contribution is 6.04. The first-order valence-electron chi connectivity index (χ1n) is 5.81. The molecule has 1 amide bonds. The van der Waals surface area contributed by atoms with Crippen molar-refractivity contribution < 1.29 is 24.2 Å². The Morgan fingerprint density at radius 2 is 1.94 bits per heavy atom. The van der Waals surface area contributed by atoms with Crippen LogP contribution >= 0.6 is 0 Å². The van der Waals surface area contributed by atoms with Gasteiger partial charge in [0.1, 0.15) is 11.0 Å². The van der Waals surface area contributed by atoms with E-state index >= 15 is 0 Å². The molecule has 1 saturated heterocycles. The zero-order valence-electron chi connectivity index (χ0n) is 11.1. The van der Waals surface area contributed by atoms with Crippen molar-refractivity contribution >= 4 is 17.8 Å². The fourth-order valence-electron chi connectivity index (χ4n) is 1.79. The van der Waals surface area contributed by atoms with Crippen molar-refractivity contribution in [1.82, 2.24) is 4.90 Å². The van der Waals surface area contributed by atoms with E-state index in [1.54, 1.807) is 20.8 Å². The van der Waals surface area contributed by atoms with Crippen LogP contribution in [-0.2, 0) is 14.3 Å². The number of nitrogens with zero attached hydrogens (tertiary/aromatic N) is 1. The van der Waals surface area contributed by atoms with Crippen LogP contribution in [0.3, 0.4) is 0 Å². The number of amides is 1. The van der Waals surface area contributed by atoms with E-state index in [1.165, 1.54) is 6.92 Å². The molecule has 1 aliphatic heterocycles. The van der Waals surface area contributed by atoms with Gasteiger partial charge in [-0.2, -0.15) is 0 Å². The highest BCUT2D eigenvalue weighted by atomic mass is 16.6. The summed E-state index contributed by atoms with van der Waals surface area (Å²) in [5.41, 5.74) is -2.10. The first-order valence-corrected chi connectivity index (χ1v) is 5.81. The summed E-state index contributed by atoms with van der Waals surface area (Å²) in [7, 11) is 0. The highest BCUT2D eigenvalue weighted by Gasteiger charge is 2.48. The van der Waals surface area contributed by atoms with Gasteiger partial charge >= 0.3 is 12.1 Å². The van der Waals surface area contributed by atoms with Crippen molar-refractivity contribution in [3.63, 3.8) is 0 Å². The molecule has 1 fully saturated rings. The topological polar surface area (TPSA) is 83.9 Å². The Balaban J connectivity index is 2.90. The average molecular weight is 257 g/mol. The maximum Gasteiger partial charge on any atom is 0.407 e. The van der Waals surface area contributed by atoms with Gasteiger partial charge in [0, 0.05) is 19.5 Å². The molecule has 1 atom stereocenters. The predicted octanol–water partition coefficient (Wildman–Crippen LogP) is 1.29. The van der Waals surface area contributed by atoms with Crippen LogP contribution in [0.4, 0.5) is 4.79 Å². The number of piperidine rings is 1. The van der Waals surface area contributed by atoms with Crippen LogP contribution in [0.1, 0.15) is 34.1 Å². The number of rotatable bonds is 1. The van der Waals surface area contributed by atoms with Crippen molar-refractivity contribution in [3.8, 4) is 0 Å². The fourth-order valence-corrected chi connectivity index (χ4v) is 1.79. The molecule has 0 aromatic carbocycles. The van der Waals surface area contributed by atoms with Gasteiger partial charge in [0.05, 0.1) is 0 Å². The Bertz CT molecular complexity index is 384. The van der Waals surface area contributed by atoms with Crippen molar-refractivity contribution in [1.29, 1.82) is 0 Å². The third-order valence-electron chi connectivity index (χ3n) is 2.85. The van der Waals surface area contributed by atoms with Gasteiger partial charge in [-0.25, -0.2) is 4.79 Å². The number of esters is 1. The van der Waals surface area contributed by atoms with Crippen LogP contribution < -0.4 is 0 Å². The first kappa shape index (κ1) is 14.5. The fraction of sp³-hybridized carbons (Fsp3) is 0.750. The van der Waals surface area contributed by atoms with Crippen LogP contribution in [0.2, 0.25) is 0 Å². The Hall–Kier alpha value is -1.59. The summed E-state index contributed by atoms with van der Waals surface area (Å²) in [5, 5.41) is 8.93. The minimum atomic E-state index is -1.40. The maximum atomic E-state index is 12.1. The largest absolute Gasteiger partial charge is 0.465 e. The van der Waals surface area contributed by atoms with E-state index in [4.69, 9.17) is 9.84 Å². The molecule has 1 N–H and O–H groups in total. The lowest BCUT2D eigenvalue weighted by molar-refractivity contribution is -0.171. The summed E-state index contributed by atoms with van der Waals surface area (Å²) < 4.78 is 5.20. The number of ether oxygens (including phenoxy) is 1. The molecule has 102 valence electrons. The van der Waals surface area contributed by atoms with Crippen molar-refractivity contribution in [3.05, 3.63) is 0 Å². The van der Waals surface area contributed by atoms with Gasteiger partial charge in [-0.05, 0) is 27.7 Å². The normalized spacial score (nSPS) is 24.9. The zero-order chi connectivity index (χ0) is 14.1. The number of Topliss-reactive ketones (excluding diaryl/α,β-unsaturated/α-hetero) is 1. The van der Waals surface area contributed by atoms with Crippen molar-refractivity contribution in [2.45, 2.75) is 39.7 Å². The number of carbonyl (C=O) groups excluding carboxylic acids is 2. The molecule has 6 heteroatoms. The SMILES string of the molecule is CC(C)(C)OC(=O)C1(C)CN(C(=O)O)CCC1=O. The summed E-state index contributed by atoms with van der Waals surface area (Å²) in [6, 6.07) is 0. The van der Waals surface area contributed by atoms with E-state index in [0.717, 1.165) is 4.90 Å². The number of carboxylic acid groups (broad SMARTS) is 1. The van der Waals surface area contributed by atoms with Gasteiger partial charge in [-0.15, -0.1) is 0 Å². The minimum absolute atomic E-state index is 0.0437. The molecule has 0 bridgehead atoms. The molecule has 6 nitrogen and oxygen atoms in total. The van der Waals surface area contributed by atoms with Crippen LogP contribution in [-0.4, -0.2) is 46.5 Å². The summed E-state index contributed by atoms with van der Waals surface area (Å²) in [6.45, 7) is 6.55. The van der Waals surface area contributed by atoms with Crippen LogP contribution in [0, 0.1) is 5.41 Å². The van der Waals surface area contributed by atoms with Gasteiger partial charge in [-0.1, -0.05) is 0 Å². The Morgan fingerprint density at radius 1 is 1.39 bits per heavy atom. The van der Waals surface area contributed by atoms with Gasteiger partial charge in [-0.3, -0.25) is 9.59 Å². The second-order valence-electron chi connectivity index (χ2n) is 5.71. The maximum absolute atomic E-state index is 12.1. The molecule has 0 aliphatic carbocycles. The Labute approximate surface area is 106 Å². The Morgan fingerprint density at radius 3 is 2.39 bits per heavy atom. The van der Waals surface area contributed by atoms with Crippen LogP contribution in [0.25, 0.3) is 0 Å². The first-order chi connectivity index (χ1) is 8.06. The molecule has 1 aliphatic rings. The second-order valence-corrected chi connectivity index (χ2v) is 5.71. The van der Waals surface area contributed by atoms with Crippen molar-refractivity contribution in [2.75, 3.05) is 13.1 Å². The molecule has 0 radical (unpaired) electrons. The third-order valence-corrected chi connectivity index (χ3v) is 2.85. The lowest BCUT2D eigenvalue weighted by Crippen LogP contribution is -2.54. The Kier molecular flexibility index (Phi) is 3.69. The number of likely N-dealkylation sites (tertiary alicyclic amines) is 1. The van der Waals surface area contributed by atoms with E-state index in [0.29, 0.717) is 0 Å². The summed E-state index contributed by atoms with van der Waals surface area (Å²) >= 11 is 0. The summed E-state index contributed by atoms with van der Waals surface area (Å²) in [6.07, 6.45) is -1.08. The molecule has 0 aromatic rings.